The Balaban J connectivity index is 1.63. The number of para-hydroxylation sites is 1. The van der Waals surface area contributed by atoms with E-state index in [4.69, 9.17) is 18.9 Å². The number of benzene rings is 3. The number of thiazole rings is 1. The van der Waals surface area contributed by atoms with Crippen LogP contribution in [0.3, 0.4) is 0 Å². The number of carbonyl (C=O) groups is 1. The summed E-state index contributed by atoms with van der Waals surface area (Å²) in [6, 6.07) is 22.2. The fourth-order valence-corrected chi connectivity index (χ4v) is 5.99. The first-order chi connectivity index (χ1) is 20.9. The van der Waals surface area contributed by atoms with Gasteiger partial charge in [-0.15, -0.1) is 0 Å². The Morgan fingerprint density at radius 3 is 2.35 bits per heavy atom. The summed E-state index contributed by atoms with van der Waals surface area (Å²) in [5.74, 6) is 1.26. The van der Waals surface area contributed by atoms with Crippen LogP contribution in [0.25, 0.3) is 6.08 Å². The van der Waals surface area contributed by atoms with Crippen LogP contribution >= 0.6 is 11.3 Å². The van der Waals surface area contributed by atoms with Crippen LogP contribution in [0, 0.1) is 0 Å². The first kappa shape index (κ1) is 29.8. The predicted octanol–water partition coefficient (Wildman–Crippen LogP) is 5.17. The average Bonchev–Trinajstić information content (AvgIpc) is 3.31. The molecule has 4 aromatic rings. The molecule has 0 spiro atoms. The zero-order valence-corrected chi connectivity index (χ0v) is 25.5. The lowest BCUT2D eigenvalue weighted by Crippen LogP contribution is -2.40. The van der Waals surface area contributed by atoms with E-state index < -0.39 is 12.0 Å². The Morgan fingerprint density at radius 2 is 1.60 bits per heavy atom. The second-order valence-electron chi connectivity index (χ2n) is 9.69. The molecule has 1 aliphatic heterocycles. The van der Waals surface area contributed by atoms with Crippen molar-refractivity contribution in [2.24, 2.45) is 4.99 Å². The Labute approximate surface area is 254 Å². The van der Waals surface area contributed by atoms with Crippen molar-refractivity contribution in [3.8, 4) is 17.2 Å². The fraction of sp³-hybridized carbons (Fsp3) is 0.265. The molecule has 43 heavy (non-hydrogen) atoms. The number of hydrogen-bond acceptors (Lipinski definition) is 8. The molecule has 9 heteroatoms. The summed E-state index contributed by atoms with van der Waals surface area (Å²) in [6.45, 7) is 8.80. The summed E-state index contributed by atoms with van der Waals surface area (Å²) in [6.07, 6.45) is 1.81. The molecule has 1 aromatic heterocycles. The number of ether oxygens (including phenoxy) is 4. The van der Waals surface area contributed by atoms with Gasteiger partial charge in [-0.3, -0.25) is 9.36 Å². The summed E-state index contributed by atoms with van der Waals surface area (Å²) >= 11 is 1.27. The van der Waals surface area contributed by atoms with Crippen LogP contribution in [0.5, 0.6) is 17.2 Å². The summed E-state index contributed by atoms with van der Waals surface area (Å²) < 4.78 is 25.2. The lowest BCUT2D eigenvalue weighted by molar-refractivity contribution is -0.139. The summed E-state index contributed by atoms with van der Waals surface area (Å²) in [5, 5.41) is 0. The third-order valence-electron chi connectivity index (χ3n) is 6.84. The van der Waals surface area contributed by atoms with Crippen LogP contribution in [0.4, 0.5) is 0 Å². The van der Waals surface area contributed by atoms with Crippen molar-refractivity contribution in [3.63, 3.8) is 0 Å². The molecule has 0 saturated carbocycles. The van der Waals surface area contributed by atoms with Gasteiger partial charge in [0.05, 0.1) is 41.7 Å². The van der Waals surface area contributed by atoms with Crippen LogP contribution in [0.1, 0.15) is 50.4 Å². The number of fused-ring (bicyclic) bond motifs is 1. The number of nitrogens with zero attached hydrogens (tertiary/aromatic N) is 2. The third-order valence-corrected chi connectivity index (χ3v) is 7.83. The first-order valence-corrected chi connectivity index (χ1v) is 15.1. The average molecular weight is 599 g/mol. The third kappa shape index (κ3) is 6.41. The van der Waals surface area contributed by atoms with E-state index in [1.807, 2.05) is 86.7 Å². The van der Waals surface area contributed by atoms with Crippen molar-refractivity contribution in [1.29, 1.82) is 0 Å². The standard InChI is InChI=1S/C34H34N2O6S/c1-5-39-27-18-17-25(19-28(27)40-6-2)31-30(33(38)41-7-3)22(4)35-34-36(31)32(37)29(43-34)20-24-15-11-12-16-26(24)42-21-23-13-9-8-10-14-23/h8-20,31H,5-7,21H2,1-4H3/b29-20-/t31-/m0/s1. The van der Waals surface area contributed by atoms with E-state index in [0.29, 0.717) is 63.2 Å². The molecule has 5 rings (SSSR count). The van der Waals surface area contributed by atoms with E-state index in [2.05, 4.69) is 4.99 Å². The number of allylic oxidation sites excluding steroid dienone is 1. The summed E-state index contributed by atoms with van der Waals surface area (Å²) in [5.41, 5.74) is 3.02. The van der Waals surface area contributed by atoms with Gasteiger partial charge in [0.2, 0.25) is 0 Å². The maximum Gasteiger partial charge on any atom is 0.338 e. The van der Waals surface area contributed by atoms with Crippen molar-refractivity contribution in [2.75, 3.05) is 19.8 Å². The topological polar surface area (TPSA) is 88.4 Å². The number of rotatable bonds is 11. The van der Waals surface area contributed by atoms with Crippen molar-refractivity contribution >= 4 is 23.4 Å². The molecule has 8 nitrogen and oxygen atoms in total. The lowest BCUT2D eigenvalue weighted by atomic mass is 9.95. The molecule has 3 aromatic carbocycles. The molecular formula is C34H34N2O6S. The van der Waals surface area contributed by atoms with Gasteiger partial charge in [-0.25, -0.2) is 9.79 Å². The van der Waals surface area contributed by atoms with Crippen LogP contribution in [0.15, 0.2) is 93.9 Å². The van der Waals surface area contributed by atoms with Crippen molar-refractivity contribution in [3.05, 3.63) is 120 Å². The molecule has 0 radical (unpaired) electrons. The minimum atomic E-state index is -0.767. The number of carbonyl (C=O) groups excluding carboxylic acids is 1. The molecule has 1 atom stereocenters. The van der Waals surface area contributed by atoms with Crippen molar-refractivity contribution in [1.82, 2.24) is 4.57 Å². The molecule has 0 saturated heterocycles. The SMILES string of the molecule is CCOC(=O)C1=C(C)N=c2s/c(=C\c3ccccc3OCc3ccccc3)c(=O)n2[C@H]1c1ccc(OCC)c(OCC)c1. The van der Waals surface area contributed by atoms with E-state index in [9.17, 15) is 9.59 Å². The molecule has 222 valence electrons. The smallest absolute Gasteiger partial charge is 0.338 e. The van der Waals surface area contributed by atoms with Gasteiger partial charge in [0, 0.05) is 5.56 Å². The van der Waals surface area contributed by atoms with Crippen LogP contribution in [0.2, 0.25) is 0 Å². The van der Waals surface area contributed by atoms with Crippen molar-refractivity contribution < 1.29 is 23.7 Å². The highest BCUT2D eigenvalue weighted by atomic mass is 32.1. The lowest BCUT2D eigenvalue weighted by Gasteiger charge is -2.25. The zero-order valence-electron chi connectivity index (χ0n) is 24.7. The molecule has 1 aliphatic rings. The maximum atomic E-state index is 14.1. The van der Waals surface area contributed by atoms with Gasteiger partial charge in [0.15, 0.2) is 16.3 Å². The van der Waals surface area contributed by atoms with E-state index in [-0.39, 0.29) is 12.2 Å². The molecule has 0 unspecified atom stereocenters. The predicted molar refractivity (Wildman–Crippen MR) is 166 cm³/mol. The Hall–Kier alpha value is -4.63. The van der Waals surface area contributed by atoms with Crippen LogP contribution in [-0.4, -0.2) is 30.4 Å². The maximum absolute atomic E-state index is 14.1. The van der Waals surface area contributed by atoms with Gasteiger partial charge in [-0.05, 0) is 63.1 Å². The van der Waals surface area contributed by atoms with Crippen LogP contribution in [-0.2, 0) is 16.1 Å². The normalized spacial score (nSPS) is 14.6. The molecule has 0 amide bonds. The number of hydrogen-bond donors (Lipinski definition) is 0. The Morgan fingerprint density at radius 1 is 0.884 bits per heavy atom. The fourth-order valence-electron chi connectivity index (χ4n) is 4.95. The quantitative estimate of drug-likeness (QED) is 0.221. The Bertz CT molecular complexity index is 1820. The van der Waals surface area contributed by atoms with Crippen molar-refractivity contribution in [2.45, 2.75) is 40.3 Å². The second kappa shape index (κ2) is 13.6. The summed E-state index contributed by atoms with van der Waals surface area (Å²) in [4.78, 5) is 32.6. The van der Waals surface area contributed by atoms with Gasteiger partial charge in [-0.1, -0.05) is 65.9 Å². The number of aromatic nitrogens is 1. The van der Waals surface area contributed by atoms with Crippen LogP contribution < -0.4 is 29.1 Å². The van der Waals surface area contributed by atoms with E-state index >= 15 is 0 Å². The number of esters is 1. The highest BCUT2D eigenvalue weighted by Crippen LogP contribution is 2.36. The molecular weight excluding hydrogens is 564 g/mol. The van der Waals surface area contributed by atoms with Gasteiger partial charge in [-0.2, -0.15) is 0 Å². The minimum Gasteiger partial charge on any atom is -0.490 e. The monoisotopic (exact) mass is 598 g/mol. The molecule has 0 N–H and O–H groups in total. The summed E-state index contributed by atoms with van der Waals surface area (Å²) in [7, 11) is 0. The zero-order chi connectivity index (χ0) is 30.3. The van der Waals surface area contributed by atoms with E-state index in [1.165, 1.54) is 11.3 Å². The van der Waals surface area contributed by atoms with Gasteiger partial charge < -0.3 is 18.9 Å². The van der Waals surface area contributed by atoms with Gasteiger partial charge in [0.25, 0.3) is 5.56 Å². The first-order valence-electron chi connectivity index (χ1n) is 14.3. The second-order valence-corrected chi connectivity index (χ2v) is 10.7. The molecule has 2 heterocycles. The minimum absolute atomic E-state index is 0.194. The largest absolute Gasteiger partial charge is 0.490 e. The highest BCUT2D eigenvalue weighted by molar-refractivity contribution is 7.07. The molecule has 0 fully saturated rings. The molecule has 0 aliphatic carbocycles. The van der Waals surface area contributed by atoms with E-state index in [1.54, 1.807) is 24.5 Å². The molecule has 0 bridgehead atoms. The van der Waals surface area contributed by atoms with E-state index in [0.717, 1.165) is 11.1 Å². The Kier molecular flexibility index (Phi) is 9.41. The van der Waals surface area contributed by atoms with Gasteiger partial charge >= 0.3 is 5.97 Å². The highest BCUT2D eigenvalue weighted by Gasteiger charge is 2.34. The van der Waals surface area contributed by atoms with Gasteiger partial charge in [0.1, 0.15) is 12.4 Å².